The fourth-order valence-electron chi connectivity index (χ4n) is 2.08. The average Bonchev–Trinajstić information content (AvgIpc) is 2.48. The number of nitrogens with zero attached hydrogens (tertiary/aromatic N) is 2. The van der Waals surface area contributed by atoms with Gasteiger partial charge in [-0.3, -0.25) is 4.79 Å². The van der Waals surface area contributed by atoms with E-state index in [-0.39, 0.29) is 5.28 Å². The van der Waals surface area contributed by atoms with Crippen LogP contribution >= 0.6 is 23.2 Å². The molecular formula is C16H15Cl2N3O. The van der Waals surface area contributed by atoms with Crippen LogP contribution in [0, 0.1) is 17.3 Å². The van der Waals surface area contributed by atoms with Crippen molar-refractivity contribution >= 4 is 29.1 Å². The number of halogens is 2. The van der Waals surface area contributed by atoms with E-state index in [9.17, 15) is 4.79 Å². The van der Waals surface area contributed by atoms with Gasteiger partial charge in [-0.1, -0.05) is 29.7 Å². The molecule has 22 heavy (non-hydrogen) atoms. The molecule has 0 saturated heterocycles. The van der Waals surface area contributed by atoms with Crippen LogP contribution in [0.3, 0.4) is 0 Å². The maximum atomic E-state index is 11.7. The first-order chi connectivity index (χ1) is 10.3. The second-order valence-electron chi connectivity index (χ2n) is 5.39. The van der Waals surface area contributed by atoms with Crippen molar-refractivity contribution in [1.29, 1.82) is 0 Å². The van der Waals surface area contributed by atoms with Crippen LogP contribution in [0.1, 0.15) is 32.4 Å². The maximum absolute atomic E-state index is 11.7. The fourth-order valence-corrected chi connectivity index (χ4v) is 2.35. The average molecular weight is 336 g/mol. The van der Waals surface area contributed by atoms with Gasteiger partial charge in [-0.2, -0.15) is 0 Å². The van der Waals surface area contributed by atoms with Gasteiger partial charge in [-0.15, -0.1) is 0 Å². The lowest BCUT2D eigenvalue weighted by Gasteiger charge is -2.26. The van der Waals surface area contributed by atoms with Crippen molar-refractivity contribution in [2.75, 3.05) is 0 Å². The minimum Gasteiger partial charge on any atom is -0.369 e. The molecule has 1 aromatic rings. The number of hydrogen-bond donors (Lipinski definition) is 1. The lowest BCUT2D eigenvalue weighted by Crippen LogP contribution is -2.34. The summed E-state index contributed by atoms with van der Waals surface area (Å²) in [4.78, 5) is 19.5. The third-order valence-corrected chi connectivity index (χ3v) is 3.93. The van der Waals surface area contributed by atoms with Gasteiger partial charge in [0.25, 0.3) is 0 Å². The Morgan fingerprint density at radius 2 is 1.95 bits per heavy atom. The Kier molecular flexibility index (Phi) is 4.90. The fraction of sp³-hybridized carbons (Fsp3) is 0.312. The normalized spacial score (nSPS) is 14.5. The molecule has 1 aliphatic carbocycles. The Labute approximate surface area is 139 Å². The van der Waals surface area contributed by atoms with Crippen LogP contribution in [-0.2, 0) is 4.79 Å². The monoisotopic (exact) mass is 335 g/mol. The molecule has 1 aromatic heterocycles. The van der Waals surface area contributed by atoms with Gasteiger partial charge in [0.15, 0.2) is 0 Å². The number of primary amides is 1. The third-order valence-electron chi connectivity index (χ3n) is 3.47. The van der Waals surface area contributed by atoms with Gasteiger partial charge >= 0.3 is 0 Å². The predicted octanol–water partition coefficient (Wildman–Crippen LogP) is 3.29. The molecule has 0 spiro atoms. The lowest BCUT2D eigenvalue weighted by molar-refractivity contribution is -0.124. The highest BCUT2D eigenvalue weighted by molar-refractivity contribution is 6.32. The minimum atomic E-state index is -0.784. The van der Waals surface area contributed by atoms with Gasteiger partial charge in [0, 0.05) is 5.57 Å². The standard InChI is InChI=1S/C16H15Cl2N3O/c1-16(2,14(19)22)11-6-4-3-5-10(11)7-8-13-12(17)9-20-15(18)21-13/h5-6,9H,3-4H2,1-2H3,(H2,19,22). The number of nitrogens with two attached hydrogens (primary N) is 1. The molecule has 4 nitrogen and oxygen atoms in total. The molecule has 0 unspecified atom stereocenters. The van der Waals surface area contributed by atoms with E-state index in [2.05, 4.69) is 21.8 Å². The summed E-state index contributed by atoms with van der Waals surface area (Å²) in [6.07, 6.45) is 7.12. The Hall–Kier alpha value is -1.83. The van der Waals surface area contributed by atoms with Crippen LogP contribution in [0.15, 0.2) is 29.5 Å². The highest BCUT2D eigenvalue weighted by Crippen LogP contribution is 2.34. The van der Waals surface area contributed by atoms with Crippen LogP contribution in [0.5, 0.6) is 0 Å². The van der Waals surface area contributed by atoms with Gasteiger partial charge in [0.1, 0.15) is 5.69 Å². The summed E-state index contributed by atoms with van der Waals surface area (Å²) in [5.74, 6) is 5.51. The first-order valence-corrected chi connectivity index (χ1v) is 7.49. The summed E-state index contributed by atoms with van der Waals surface area (Å²) < 4.78 is 0. The largest absolute Gasteiger partial charge is 0.369 e. The molecule has 1 aliphatic rings. The first kappa shape index (κ1) is 16.5. The van der Waals surface area contributed by atoms with Gasteiger partial charge < -0.3 is 5.73 Å². The number of rotatable bonds is 2. The van der Waals surface area contributed by atoms with E-state index in [1.807, 2.05) is 12.2 Å². The molecule has 0 saturated carbocycles. The second-order valence-corrected chi connectivity index (χ2v) is 6.13. The summed E-state index contributed by atoms with van der Waals surface area (Å²) in [5.41, 5.74) is 6.66. The Morgan fingerprint density at radius 1 is 1.27 bits per heavy atom. The number of hydrogen-bond acceptors (Lipinski definition) is 3. The van der Waals surface area contributed by atoms with Crippen molar-refractivity contribution in [3.05, 3.63) is 45.5 Å². The van der Waals surface area contributed by atoms with Gasteiger partial charge in [0.2, 0.25) is 11.2 Å². The molecule has 2 N–H and O–H groups in total. The number of amides is 1. The van der Waals surface area contributed by atoms with Crippen molar-refractivity contribution in [2.45, 2.75) is 26.7 Å². The van der Waals surface area contributed by atoms with Crippen LogP contribution in [0.2, 0.25) is 10.3 Å². The minimum absolute atomic E-state index is 0.0829. The smallest absolute Gasteiger partial charge is 0.227 e. The molecule has 114 valence electrons. The highest BCUT2D eigenvalue weighted by atomic mass is 35.5. The third kappa shape index (κ3) is 3.49. The summed E-state index contributed by atoms with van der Waals surface area (Å²) >= 11 is 11.7. The second kappa shape index (κ2) is 6.51. The van der Waals surface area contributed by atoms with Crippen molar-refractivity contribution in [2.24, 2.45) is 11.1 Å². The van der Waals surface area contributed by atoms with Gasteiger partial charge in [-0.05, 0) is 49.8 Å². The summed E-state index contributed by atoms with van der Waals surface area (Å²) in [7, 11) is 0. The van der Waals surface area contributed by atoms with Crippen LogP contribution in [0.4, 0.5) is 0 Å². The highest BCUT2D eigenvalue weighted by Gasteiger charge is 2.32. The van der Waals surface area contributed by atoms with Crippen molar-refractivity contribution in [3.63, 3.8) is 0 Å². The Bertz CT molecular complexity index is 739. The summed E-state index contributed by atoms with van der Waals surface area (Å²) in [6.45, 7) is 3.58. The van der Waals surface area contributed by atoms with E-state index in [1.54, 1.807) is 13.8 Å². The molecule has 0 fully saturated rings. The van der Waals surface area contributed by atoms with E-state index in [4.69, 9.17) is 28.9 Å². The number of carbonyl (C=O) groups is 1. The maximum Gasteiger partial charge on any atom is 0.227 e. The number of carbonyl (C=O) groups excluding carboxylic acids is 1. The molecule has 0 radical (unpaired) electrons. The number of allylic oxidation sites excluding steroid dienone is 3. The molecule has 0 aromatic carbocycles. The molecule has 0 atom stereocenters. The zero-order chi connectivity index (χ0) is 16.3. The van der Waals surface area contributed by atoms with Crippen LogP contribution in [0.25, 0.3) is 0 Å². The zero-order valence-electron chi connectivity index (χ0n) is 12.3. The van der Waals surface area contributed by atoms with E-state index < -0.39 is 11.3 Å². The molecular weight excluding hydrogens is 321 g/mol. The van der Waals surface area contributed by atoms with E-state index >= 15 is 0 Å². The van der Waals surface area contributed by atoms with E-state index in [0.717, 1.165) is 24.0 Å². The SMILES string of the molecule is CC(C)(C(N)=O)C1=CCCC=C1C#Cc1nc(Cl)ncc1Cl. The summed E-state index contributed by atoms with van der Waals surface area (Å²) in [5, 5.41) is 0.410. The predicted molar refractivity (Wildman–Crippen MR) is 87.3 cm³/mol. The van der Waals surface area contributed by atoms with Gasteiger partial charge in [0.05, 0.1) is 16.6 Å². The van der Waals surface area contributed by atoms with Crippen LogP contribution in [-0.4, -0.2) is 15.9 Å². The lowest BCUT2D eigenvalue weighted by atomic mass is 9.77. The molecule has 0 aliphatic heterocycles. The van der Waals surface area contributed by atoms with Crippen LogP contribution < -0.4 is 5.73 Å². The van der Waals surface area contributed by atoms with Crippen molar-refractivity contribution < 1.29 is 4.79 Å². The number of aromatic nitrogens is 2. The molecule has 1 amide bonds. The topological polar surface area (TPSA) is 68.9 Å². The molecule has 2 rings (SSSR count). The molecule has 6 heteroatoms. The van der Waals surface area contributed by atoms with Gasteiger partial charge in [-0.25, -0.2) is 9.97 Å². The van der Waals surface area contributed by atoms with E-state index in [1.165, 1.54) is 6.20 Å². The van der Waals surface area contributed by atoms with E-state index in [0.29, 0.717) is 10.7 Å². The first-order valence-electron chi connectivity index (χ1n) is 6.73. The van der Waals surface area contributed by atoms with Crippen molar-refractivity contribution in [1.82, 2.24) is 9.97 Å². The Balaban J connectivity index is 2.39. The molecule has 0 bridgehead atoms. The Morgan fingerprint density at radius 3 is 2.64 bits per heavy atom. The summed E-state index contributed by atoms with van der Waals surface area (Å²) in [6, 6.07) is 0. The molecule has 1 heterocycles. The van der Waals surface area contributed by atoms with Crippen molar-refractivity contribution in [3.8, 4) is 11.8 Å². The zero-order valence-corrected chi connectivity index (χ0v) is 13.8. The quantitative estimate of drug-likeness (QED) is 0.665.